The Bertz CT molecular complexity index is 463. The predicted molar refractivity (Wildman–Crippen MR) is 101 cm³/mol. The van der Waals surface area contributed by atoms with E-state index in [1.807, 2.05) is 0 Å². The maximum Gasteiger partial charge on any atom is 0.243 e. The first kappa shape index (κ1) is 22.5. The zero-order valence-corrected chi connectivity index (χ0v) is 18.4. The quantitative estimate of drug-likeness (QED) is 0.481. The number of nitrogens with one attached hydrogen (secondary N) is 1. The summed E-state index contributed by atoms with van der Waals surface area (Å²) >= 11 is 0. The molecule has 0 aromatic rings. The monoisotopic (exact) mass is 391 g/mol. The lowest BCUT2D eigenvalue weighted by molar-refractivity contribution is -0.256. The fraction of sp³-hybridized carbons (Fsp3) is 0.812. The summed E-state index contributed by atoms with van der Waals surface area (Å²) in [6, 6.07) is -0.564. The molecule has 1 fully saturated rings. The Morgan fingerprint density at radius 2 is 1.68 bits per heavy atom. The number of amides is 1. The molecule has 0 aromatic carbocycles. The smallest absolute Gasteiger partial charge is 0.243 e. The lowest BCUT2D eigenvalue weighted by Gasteiger charge is -2.49. The molecule has 0 saturated carbocycles. The first-order chi connectivity index (χ1) is 11.4. The molecular formula is C16H33NO6Si2. The van der Waals surface area contributed by atoms with Crippen LogP contribution < -0.4 is 5.32 Å². The van der Waals surface area contributed by atoms with Crippen LogP contribution in [0, 0.1) is 0 Å². The van der Waals surface area contributed by atoms with Crippen LogP contribution in [0.15, 0.2) is 12.7 Å². The standard InChI is InChI=1S/C16H33NO6Si2/c1-9-12(19)17-13-15(23-25(6,7)8)14(22-24(3,4)5)11(10-18)21-16(13)20-2/h9,11,13-16,18H,1,10H2,2-8H3,(H,17,19)/t11-,13-,14?,15?,16-/m1/s1. The highest BCUT2D eigenvalue weighted by atomic mass is 28.4. The van der Waals surface area contributed by atoms with Gasteiger partial charge in [-0.25, -0.2) is 0 Å². The van der Waals surface area contributed by atoms with Crippen molar-refractivity contribution in [2.45, 2.75) is 69.9 Å². The number of carbonyl (C=O) groups is 1. The van der Waals surface area contributed by atoms with E-state index in [0.717, 1.165) is 0 Å². The Kier molecular flexibility index (Phi) is 8.00. The van der Waals surface area contributed by atoms with Crippen molar-refractivity contribution in [1.29, 1.82) is 0 Å². The average molecular weight is 392 g/mol. The van der Waals surface area contributed by atoms with Gasteiger partial charge in [-0.1, -0.05) is 6.58 Å². The first-order valence-corrected chi connectivity index (χ1v) is 15.3. The van der Waals surface area contributed by atoms with Gasteiger partial charge in [-0.3, -0.25) is 4.79 Å². The highest BCUT2D eigenvalue weighted by Crippen LogP contribution is 2.30. The van der Waals surface area contributed by atoms with E-state index in [4.69, 9.17) is 18.3 Å². The molecule has 0 radical (unpaired) electrons. The summed E-state index contributed by atoms with van der Waals surface area (Å²) < 4.78 is 23.9. The third-order valence-corrected chi connectivity index (χ3v) is 5.49. The fourth-order valence-corrected chi connectivity index (χ4v) is 4.93. The summed E-state index contributed by atoms with van der Waals surface area (Å²) in [4.78, 5) is 11.9. The summed E-state index contributed by atoms with van der Waals surface area (Å²) in [5.41, 5.74) is 0. The van der Waals surface area contributed by atoms with Crippen LogP contribution in [0.1, 0.15) is 0 Å². The molecule has 2 unspecified atom stereocenters. The Balaban J connectivity index is 3.26. The van der Waals surface area contributed by atoms with Crippen LogP contribution in [0.25, 0.3) is 0 Å². The van der Waals surface area contributed by atoms with Crippen LogP contribution in [-0.4, -0.2) is 72.0 Å². The maximum atomic E-state index is 11.9. The molecule has 0 bridgehead atoms. The highest BCUT2D eigenvalue weighted by Gasteiger charge is 2.50. The second-order valence-corrected chi connectivity index (χ2v) is 17.0. The van der Waals surface area contributed by atoms with Crippen LogP contribution >= 0.6 is 0 Å². The van der Waals surface area contributed by atoms with Gasteiger partial charge in [-0.2, -0.15) is 0 Å². The molecule has 1 aliphatic heterocycles. The van der Waals surface area contributed by atoms with Crippen molar-refractivity contribution >= 4 is 22.5 Å². The summed E-state index contributed by atoms with van der Waals surface area (Å²) in [6.45, 7) is 15.7. The lowest BCUT2D eigenvalue weighted by atomic mass is 9.97. The van der Waals surface area contributed by atoms with Gasteiger partial charge in [0.15, 0.2) is 22.9 Å². The van der Waals surface area contributed by atoms with Crippen molar-refractivity contribution < 1.29 is 28.2 Å². The van der Waals surface area contributed by atoms with Crippen molar-refractivity contribution in [2.24, 2.45) is 0 Å². The zero-order valence-electron chi connectivity index (χ0n) is 16.4. The summed E-state index contributed by atoms with van der Waals surface area (Å²) in [5.74, 6) is -0.339. The summed E-state index contributed by atoms with van der Waals surface area (Å²) in [5, 5.41) is 12.7. The Morgan fingerprint density at radius 3 is 2.08 bits per heavy atom. The average Bonchev–Trinajstić information content (AvgIpc) is 2.47. The van der Waals surface area contributed by atoms with E-state index in [2.05, 4.69) is 51.2 Å². The van der Waals surface area contributed by atoms with Crippen molar-refractivity contribution in [3.63, 3.8) is 0 Å². The molecular weight excluding hydrogens is 358 g/mol. The van der Waals surface area contributed by atoms with E-state index < -0.39 is 47.3 Å². The minimum Gasteiger partial charge on any atom is -0.410 e. The van der Waals surface area contributed by atoms with Crippen LogP contribution in [-0.2, 0) is 23.1 Å². The van der Waals surface area contributed by atoms with Gasteiger partial charge < -0.3 is 28.7 Å². The fourth-order valence-electron chi connectivity index (χ4n) is 2.73. The van der Waals surface area contributed by atoms with E-state index >= 15 is 0 Å². The molecule has 25 heavy (non-hydrogen) atoms. The maximum absolute atomic E-state index is 11.9. The number of aliphatic hydroxyl groups excluding tert-OH is 1. The summed E-state index contributed by atoms with van der Waals surface area (Å²) in [6.07, 6.45) is -1.12. The van der Waals surface area contributed by atoms with Crippen molar-refractivity contribution in [1.82, 2.24) is 5.32 Å². The number of hydrogen-bond donors (Lipinski definition) is 2. The third-order valence-electron chi connectivity index (χ3n) is 3.53. The van der Waals surface area contributed by atoms with Gasteiger partial charge in [0.1, 0.15) is 18.2 Å². The topological polar surface area (TPSA) is 86.3 Å². The molecule has 0 aromatic heterocycles. The minimum absolute atomic E-state index is 0.220. The summed E-state index contributed by atoms with van der Waals surface area (Å²) in [7, 11) is -2.45. The third kappa shape index (κ3) is 6.93. The van der Waals surface area contributed by atoms with Crippen molar-refractivity contribution in [3.8, 4) is 0 Å². The molecule has 146 valence electrons. The van der Waals surface area contributed by atoms with Crippen LogP contribution in [0.2, 0.25) is 39.3 Å². The predicted octanol–water partition coefficient (Wildman–Crippen LogP) is 1.46. The molecule has 2 N–H and O–H groups in total. The van der Waals surface area contributed by atoms with E-state index in [1.165, 1.54) is 13.2 Å². The molecule has 0 aliphatic carbocycles. The van der Waals surface area contributed by atoms with Gasteiger partial charge in [-0.15, -0.1) is 0 Å². The molecule has 1 saturated heterocycles. The van der Waals surface area contributed by atoms with Crippen molar-refractivity contribution in [2.75, 3.05) is 13.7 Å². The van der Waals surface area contributed by atoms with Gasteiger partial charge in [0.25, 0.3) is 0 Å². The normalized spacial score (nSPS) is 30.8. The molecule has 1 aliphatic rings. The molecule has 7 nitrogen and oxygen atoms in total. The van der Waals surface area contributed by atoms with E-state index in [-0.39, 0.29) is 12.5 Å². The number of carbonyl (C=O) groups excluding carboxylic acids is 1. The Morgan fingerprint density at radius 1 is 1.16 bits per heavy atom. The van der Waals surface area contributed by atoms with Gasteiger partial charge in [-0.05, 0) is 45.4 Å². The minimum atomic E-state index is -1.98. The lowest BCUT2D eigenvalue weighted by Crippen LogP contribution is -2.68. The molecule has 1 rings (SSSR count). The van der Waals surface area contributed by atoms with Gasteiger partial charge in [0.05, 0.1) is 12.7 Å². The number of hydrogen-bond acceptors (Lipinski definition) is 6. The van der Waals surface area contributed by atoms with Crippen LogP contribution in [0.4, 0.5) is 0 Å². The molecule has 0 spiro atoms. The molecule has 9 heteroatoms. The van der Waals surface area contributed by atoms with Crippen LogP contribution in [0.3, 0.4) is 0 Å². The number of ether oxygens (including phenoxy) is 2. The SMILES string of the molecule is C=CC(=O)N[C@@H]1C(O[Si](C)(C)C)C(O[Si](C)(C)C)[C@@H](CO)O[C@H]1OC. The molecule has 1 amide bonds. The van der Waals surface area contributed by atoms with Crippen molar-refractivity contribution in [3.05, 3.63) is 12.7 Å². The Hall–Kier alpha value is -0.556. The number of methoxy groups -OCH3 is 1. The molecule has 1 heterocycles. The largest absolute Gasteiger partial charge is 0.410 e. The van der Waals surface area contributed by atoms with Gasteiger partial charge in [0, 0.05) is 7.11 Å². The first-order valence-electron chi connectivity index (χ1n) is 8.49. The second kappa shape index (κ2) is 8.89. The number of aliphatic hydroxyl groups is 1. The van der Waals surface area contributed by atoms with Crippen LogP contribution in [0.5, 0.6) is 0 Å². The highest BCUT2D eigenvalue weighted by molar-refractivity contribution is 6.70. The second-order valence-electron chi connectivity index (χ2n) is 8.09. The zero-order chi connectivity index (χ0) is 19.4. The Labute approximate surface area is 152 Å². The van der Waals surface area contributed by atoms with Gasteiger partial charge in [0.2, 0.25) is 5.91 Å². The van der Waals surface area contributed by atoms with E-state index in [9.17, 15) is 9.90 Å². The van der Waals surface area contributed by atoms with Gasteiger partial charge >= 0.3 is 0 Å². The molecule has 5 atom stereocenters. The van der Waals surface area contributed by atoms with E-state index in [1.54, 1.807) is 0 Å². The number of rotatable bonds is 8. The van der Waals surface area contributed by atoms with E-state index in [0.29, 0.717) is 0 Å².